The third kappa shape index (κ3) is 2.76. The van der Waals surface area contributed by atoms with Gasteiger partial charge in [-0.1, -0.05) is 13.5 Å². The van der Waals surface area contributed by atoms with E-state index < -0.39 is 14.8 Å². The minimum atomic E-state index is -2.72. The van der Waals surface area contributed by atoms with Crippen LogP contribution in [0.25, 0.3) is 0 Å². The molecule has 0 amide bonds. The predicted molar refractivity (Wildman–Crippen MR) is 46.5 cm³/mol. The second-order valence-electron chi connectivity index (χ2n) is 2.07. The highest BCUT2D eigenvalue weighted by Gasteiger charge is 2.40. The number of hydrogen-bond donors (Lipinski definition) is 0. The lowest BCUT2D eigenvalue weighted by atomic mass is 10.7. The van der Waals surface area contributed by atoms with Crippen molar-refractivity contribution in [3.63, 3.8) is 0 Å². The fourth-order valence-corrected chi connectivity index (χ4v) is 2.17. The van der Waals surface area contributed by atoms with Gasteiger partial charge in [0, 0.05) is 26.3 Å². The third-order valence-corrected chi connectivity index (χ3v) is 4.10. The lowest BCUT2D eigenvalue weighted by Gasteiger charge is -2.23. The summed E-state index contributed by atoms with van der Waals surface area (Å²) in [4.78, 5) is 10.8. The van der Waals surface area contributed by atoms with Gasteiger partial charge in [0.1, 0.15) is 0 Å². The first-order valence-electron chi connectivity index (χ1n) is 3.59. The van der Waals surface area contributed by atoms with Crippen LogP contribution in [0.3, 0.4) is 0 Å². The van der Waals surface area contributed by atoms with Gasteiger partial charge < -0.3 is 13.3 Å². The third-order valence-electron chi connectivity index (χ3n) is 1.48. The van der Waals surface area contributed by atoms with E-state index in [9.17, 15) is 4.79 Å². The maximum atomic E-state index is 10.8. The first-order valence-corrected chi connectivity index (χ1v) is 5.53. The summed E-state index contributed by atoms with van der Waals surface area (Å²) in [7, 11) is 0.213. The average molecular weight is 190 g/mol. The van der Waals surface area contributed by atoms with Crippen molar-refractivity contribution in [2.75, 3.05) is 14.2 Å². The van der Waals surface area contributed by atoms with Gasteiger partial charge in [-0.25, -0.2) is 4.79 Å². The van der Waals surface area contributed by atoms with E-state index in [1.54, 1.807) is 0 Å². The Balaban J connectivity index is 4.29. The molecule has 0 heterocycles. The molecule has 0 aromatic heterocycles. The predicted octanol–water partition coefficient (Wildman–Crippen LogP) is 0.967. The highest BCUT2D eigenvalue weighted by atomic mass is 28.4. The lowest BCUT2D eigenvalue weighted by molar-refractivity contribution is -0.133. The van der Waals surface area contributed by atoms with Gasteiger partial charge in [-0.15, -0.1) is 0 Å². The van der Waals surface area contributed by atoms with E-state index in [-0.39, 0.29) is 0 Å². The molecule has 12 heavy (non-hydrogen) atoms. The molecular formula is C7H14O4Si. The number of hydrogen-bond acceptors (Lipinski definition) is 4. The molecule has 0 bridgehead atoms. The quantitative estimate of drug-likeness (QED) is 0.478. The summed E-state index contributed by atoms with van der Waals surface area (Å²) < 4.78 is 15.0. The van der Waals surface area contributed by atoms with Crippen molar-refractivity contribution in [1.29, 1.82) is 0 Å². The molecule has 5 heteroatoms. The Morgan fingerprint density at radius 1 is 1.50 bits per heavy atom. The van der Waals surface area contributed by atoms with Gasteiger partial charge in [0.2, 0.25) is 0 Å². The molecular weight excluding hydrogens is 176 g/mol. The molecule has 0 atom stereocenters. The van der Waals surface area contributed by atoms with E-state index in [1.165, 1.54) is 14.2 Å². The van der Waals surface area contributed by atoms with E-state index in [1.807, 2.05) is 6.92 Å². The van der Waals surface area contributed by atoms with Crippen LogP contribution < -0.4 is 0 Å². The molecule has 0 unspecified atom stereocenters. The summed E-state index contributed by atoms with van der Waals surface area (Å²) in [6.45, 7) is 5.13. The van der Waals surface area contributed by atoms with Gasteiger partial charge >= 0.3 is 14.8 Å². The maximum Gasteiger partial charge on any atom is 0.567 e. The molecule has 0 radical (unpaired) electrons. The smallest absolute Gasteiger partial charge is 0.470 e. The number of carbonyl (C=O) groups excluding carboxylic acids is 1. The van der Waals surface area contributed by atoms with E-state index in [2.05, 4.69) is 6.58 Å². The van der Waals surface area contributed by atoms with Crippen molar-refractivity contribution in [3.05, 3.63) is 12.7 Å². The van der Waals surface area contributed by atoms with Crippen LogP contribution in [0.2, 0.25) is 6.04 Å². The first-order chi connectivity index (χ1) is 5.64. The Hall–Kier alpha value is -0.653. The fraction of sp³-hybridized carbons (Fsp3) is 0.571. The number of carbonyl (C=O) groups is 1. The Bertz CT molecular complexity index is 157. The van der Waals surface area contributed by atoms with Crippen LogP contribution in [0.5, 0.6) is 0 Å². The maximum absolute atomic E-state index is 10.8. The fourth-order valence-electron chi connectivity index (χ4n) is 0.722. The van der Waals surface area contributed by atoms with Gasteiger partial charge in [-0.05, 0) is 0 Å². The summed E-state index contributed by atoms with van der Waals surface area (Å²) in [5.41, 5.74) is 0. The lowest BCUT2D eigenvalue weighted by Crippen LogP contribution is -2.44. The molecule has 70 valence electrons. The SMILES string of the molecule is C=CC(=O)O[Si](CC)(OC)OC. The van der Waals surface area contributed by atoms with Crippen LogP contribution in [-0.4, -0.2) is 29.0 Å². The Kier molecular flexibility index (Phi) is 4.80. The van der Waals surface area contributed by atoms with E-state index in [0.717, 1.165) is 6.08 Å². The number of rotatable bonds is 5. The van der Waals surface area contributed by atoms with Crippen molar-refractivity contribution in [2.24, 2.45) is 0 Å². The molecule has 0 N–H and O–H groups in total. The molecule has 0 spiro atoms. The zero-order valence-corrected chi connectivity index (χ0v) is 8.62. The topological polar surface area (TPSA) is 44.8 Å². The van der Waals surface area contributed by atoms with Crippen molar-refractivity contribution in [3.8, 4) is 0 Å². The van der Waals surface area contributed by atoms with Gasteiger partial charge in [0.15, 0.2) is 0 Å². The van der Waals surface area contributed by atoms with Crippen LogP contribution in [-0.2, 0) is 18.1 Å². The summed E-state index contributed by atoms with van der Waals surface area (Å²) in [5.74, 6) is -0.507. The first kappa shape index (κ1) is 11.3. The molecule has 0 saturated heterocycles. The summed E-state index contributed by atoms with van der Waals surface area (Å²) in [6, 6.07) is 0.555. The van der Waals surface area contributed by atoms with Crippen molar-refractivity contribution in [1.82, 2.24) is 0 Å². The van der Waals surface area contributed by atoms with E-state index >= 15 is 0 Å². The van der Waals surface area contributed by atoms with E-state index in [4.69, 9.17) is 13.3 Å². The summed E-state index contributed by atoms with van der Waals surface area (Å²) in [6.07, 6.45) is 1.09. The molecule has 0 rings (SSSR count). The van der Waals surface area contributed by atoms with Crippen LogP contribution >= 0.6 is 0 Å². The summed E-state index contributed by atoms with van der Waals surface area (Å²) in [5, 5.41) is 0. The van der Waals surface area contributed by atoms with Crippen LogP contribution in [0.4, 0.5) is 0 Å². The molecule has 0 aromatic carbocycles. The molecule has 0 fully saturated rings. The van der Waals surface area contributed by atoms with Crippen LogP contribution in [0, 0.1) is 0 Å². The monoisotopic (exact) mass is 190 g/mol. The Morgan fingerprint density at radius 3 is 2.25 bits per heavy atom. The molecule has 0 aromatic rings. The zero-order chi connectivity index (χ0) is 9.61. The normalized spacial score (nSPS) is 10.9. The van der Waals surface area contributed by atoms with Crippen molar-refractivity contribution < 1.29 is 18.1 Å². The van der Waals surface area contributed by atoms with Crippen molar-refractivity contribution in [2.45, 2.75) is 13.0 Å². The molecule has 0 aliphatic heterocycles. The Morgan fingerprint density at radius 2 is 2.00 bits per heavy atom. The molecule has 0 aliphatic rings. The van der Waals surface area contributed by atoms with Crippen molar-refractivity contribution >= 4 is 14.8 Å². The highest BCUT2D eigenvalue weighted by molar-refractivity contribution is 6.62. The molecule has 4 nitrogen and oxygen atoms in total. The van der Waals surface area contributed by atoms with Gasteiger partial charge in [-0.2, -0.15) is 0 Å². The van der Waals surface area contributed by atoms with Gasteiger partial charge in [0.25, 0.3) is 0 Å². The highest BCUT2D eigenvalue weighted by Crippen LogP contribution is 2.12. The second-order valence-corrected chi connectivity index (χ2v) is 5.16. The summed E-state index contributed by atoms with van der Waals surface area (Å²) >= 11 is 0. The Labute approximate surface area is 73.5 Å². The average Bonchev–Trinajstić information content (AvgIpc) is 2.14. The van der Waals surface area contributed by atoms with Crippen LogP contribution in [0.15, 0.2) is 12.7 Å². The molecule has 0 saturated carbocycles. The van der Waals surface area contributed by atoms with Crippen LogP contribution in [0.1, 0.15) is 6.92 Å². The van der Waals surface area contributed by atoms with Gasteiger partial charge in [-0.3, -0.25) is 0 Å². The zero-order valence-electron chi connectivity index (χ0n) is 7.62. The standard InChI is InChI=1S/C7H14O4Si/c1-5-7(8)11-12(6-2,9-3)10-4/h5H,1,6H2,2-4H3. The minimum Gasteiger partial charge on any atom is -0.470 e. The van der Waals surface area contributed by atoms with Gasteiger partial charge in [0.05, 0.1) is 0 Å². The van der Waals surface area contributed by atoms with E-state index in [0.29, 0.717) is 6.04 Å². The minimum absolute atomic E-state index is 0.507. The molecule has 0 aliphatic carbocycles. The second kappa shape index (κ2) is 5.07. The largest absolute Gasteiger partial charge is 0.567 e.